The van der Waals surface area contributed by atoms with E-state index in [0.717, 1.165) is 5.56 Å². The summed E-state index contributed by atoms with van der Waals surface area (Å²) in [5, 5.41) is 25.6. The SMILES string of the molecule is COc1cc([N+](=O)[O-])ccc1NC(=O)/C(C#N)=C\NC(C)c1ccccc1. The zero-order valence-corrected chi connectivity index (χ0v) is 14.8. The fourth-order valence-electron chi connectivity index (χ4n) is 2.28. The number of nitro benzene ring substituents is 1. The van der Waals surface area contributed by atoms with Crippen molar-refractivity contribution >= 4 is 17.3 Å². The lowest BCUT2D eigenvalue weighted by atomic mass is 10.1. The van der Waals surface area contributed by atoms with Gasteiger partial charge in [-0.25, -0.2) is 0 Å². The summed E-state index contributed by atoms with van der Waals surface area (Å²) < 4.78 is 5.07. The molecule has 27 heavy (non-hydrogen) atoms. The summed E-state index contributed by atoms with van der Waals surface area (Å²) >= 11 is 0. The Balaban J connectivity index is 2.13. The largest absolute Gasteiger partial charge is 0.494 e. The van der Waals surface area contributed by atoms with Crippen LogP contribution in [0.25, 0.3) is 0 Å². The van der Waals surface area contributed by atoms with Crippen LogP contribution in [-0.4, -0.2) is 17.9 Å². The number of amides is 1. The monoisotopic (exact) mass is 366 g/mol. The molecule has 138 valence electrons. The molecular weight excluding hydrogens is 348 g/mol. The molecule has 1 atom stereocenters. The molecule has 2 N–H and O–H groups in total. The molecule has 0 heterocycles. The van der Waals surface area contributed by atoms with Gasteiger partial charge in [0.15, 0.2) is 0 Å². The zero-order valence-electron chi connectivity index (χ0n) is 14.8. The summed E-state index contributed by atoms with van der Waals surface area (Å²) in [5.74, 6) is -0.530. The first-order valence-corrected chi connectivity index (χ1v) is 8.01. The maximum Gasteiger partial charge on any atom is 0.273 e. The Morgan fingerprint density at radius 3 is 2.59 bits per heavy atom. The third-order valence-electron chi connectivity index (χ3n) is 3.79. The minimum atomic E-state index is -0.655. The van der Waals surface area contributed by atoms with Gasteiger partial charge in [0.25, 0.3) is 11.6 Å². The number of methoxy groups -OCH3 is 1. The summed E-state index contributed by atoms with van der Waals surface area (Å²) in [6.07, 6.45) is 1.34. The first-order valence-electron chi connectivity index (χ1n) is 8.01. The van der Waals surface area contributed by atoms with Gasteiger partial charge in [-0.1, -0.05) is 30.3 Å². The highest BCUT2D eigenvalue weighted by molar-refractivity contribution is 6.07. The van der Waals surface area contributed by atoms with Gasteiger partial charge in [0.2, 0.25) is 0 Å². The first kappa shape index (κ1) is 19.5. The predicted molar refractivity (Wildman–Crippen MR) is 100.0 cm³/mol. The van der Waals surface area contributed by atoms with Crippen LogP contribution < -0.4 is 15.4 Å². The maximum atomic E-state index is 12.3. The molecule has 0 aromatic heterocycles. The van der Waals surface area contributed by atoms with Crippen LogP contribution in [0.5, 0.6) is 5.75 Å². The van der Waals surface area contributed by atoms with E-state index in [4.69, 9.17) is 4.74 Å². The van der Waals surface area contributed by atoms with Crippen molar-refractivity contribution in [1.82, 2.24) is 5.32 Å². The molecule has 0 aliphatic rings. The van der Waals surface area contributed by atoms with Crippen LogP contribution in [0, 0.1) is 21.4 Å². The maximum absolute atomic E-state index is 12.3. The third-order valence-corrected chi connectivity index (χ3v) is 3.79. The number of non-ortho nitro benzene ring substituents is 1. The van der Waals surface area contributed by atoms with Crippen LogP contribution in [0.4, 0.5) is 11.4 Å². The van der Waals surface area contributed by atoms with Crippen molar-refractivity contribution in [3.05, 3.63) is 76.0 Å². The van der Waals surface area contributed by atoms with Crippen LogP contribution in [-0.2, 0) is 4.79 Å². The van der Waals surface area contributed by atoms with Crippen molar-refractivity contribution in [2.24, 2.45) is 0 Å². The van der Waals surface area contributed by atoms with Gasteiger partial charge in [-0.15, -0.1) is 0 Å². The fraction of sp³-hybridized carbons (Fsp3) is 0.158. The van der Waals surface area contributed by atoms with Crippen LogP contribution in [0.3, 0.4) is 0 Å². The topological polar surface area (TPSA) is 117 Å². The number of nitriles is 1. The third kappa shape index (κ3) is 5.06. The van der Waals surface area contributed by atoms with E-state index in [2.05, 4.69) is 10.6 Å². The van der Waals surface area contributed by atoms with E-state index in [9.17, 15) is 20.2 Å². The number of benzene rings is 2. The molecule has 2 aromatic rings. The van der Waals surface area contributed by atoms with Crippen molar-refractivity contribution in [2.45, 2.75) is 13.0 Å². The van der Waals surface area contributed by atoms with E-state index in [0.29, 0.717) is 0 Å². The molecule has 2 aromatic carbocycles. The number of ether oxygens (including phenoxy) is 1. The molecule has 0 radical (unpaired) electrons. The Bertz CT molecular complexity index is 904. The van der Waals surface area contributed by atoms with Crippen LogP contribution in [0.2, 0.25) is 0 Å². The highest BCUT2D eigenvalue weighted by Gasteiger charge is 2.16. The number of hydrogen-bond donors (Lipinski definition) is 2. The second-order valence-corrected chi connectivity index (χ2v) is 5.56. The van der Waals surface area contributed by atoms with Gasteiger partial charge in [-0.2, -0.15) is 5.26 Å². The van der Waals surface area contributed by atoms with E-state index in [1.807, 2.05) is 43.3 Å². The predicted octanol–water partition coefficient (Wildman–Crippen LogP) is 3.30. The second kappa shape index (κ2) is 9.01. The Morgan fingerprint density at radius 2 is 2.00 bits per heavy atom. The number of carbonyl (C=O) groups is 1. The lowest BCUT2D eigenvalue weighted by molar-refractivity contribution is -0.384. The van der Waals surface area contributed by atoms with Gasteiger partial charge < -0.3 is 15.4 Å². The molecule has 0 spiro atoms. The van der Waals surface area contributed by atoms with Gasteiger partial charge >= 0.3 is 0 Å². The molecule has 2 rings (SSSR count). The number of nitrogens with one attached hydrogen (secondary N) is 2. The molecule has 0 saturated heterocycles. The minimum Gasteiger partial charge on any atom is -0.494 e. The van der Waals surface area contributed by atoms with Gasteiger partial charge in [-0.3, -0.25) is 14.9 Å². The summed E-state index contributed by atoms with van der Waals surface area (Å²) in [7, 11) is 1.33. The van der Waals surface area contributed by atoms with Crippen molar-refractivity contribution in [2.75, 3.05) is 12.4 Å². The molecule has 0 fully saturated rings. The zero-order chi connectivity index (χ0) is 19.8. The van der Waals surface area contributed by atoms with E-state index in [1.165, 1.54) is 31.5 Å². The van der Waals surface area contributed by atoms with Crippen molar-refractivity contribution in [3.63, 3.8) is 0 Å². The van der Waals surface area contributed by atoms with Crippen molar-refractivity contribution < 1.29 is 14.5 Å². The van der Waals surface area contributed by atoms with Gasteiger partial charge in [-0.05, 0) is 18.6 Å². The smallest absolute Gasteiger partial charge is 0.273 e. The second-order valence-electron chi connectivity index (χ2n) is 5.56. The highest BCUT2D eigenvalue weighted by Crippen LogP contribution is 2.29. The molecule has 0 aliphatic carbocycles. The number of hydrogen-bond acceptors (Lipinski definition) is 6. The lowest BCUT2D eigenvalue weighted by Crippen LogP contribution is -2.18. The van der Waals surface area contributed by atoms with E-state index >= 15 is 0 Å². The number of nitrogens with zero attached hydrogens (tertiary/aromatic N) is 2. The Morgan fingerprint density at radius 1 is 1.30 bits per heavy atom. The van der Waals surface area contributed by atoms with Crippen LogP contribution in [0.15, 0.2) is 60.3 Å². The minimum absolute atomic E-state index is 0.101. The Labute approximate surface area is 156 Å². The number of anilines is 1. The van der Waals surface area contributed by atoms with E-state index < -0.39 is 10.8 Å². The van der Waals surface area contributed by atoms with E-state index in [-0.39, 0.29) is 28.7 Å². The quantitative estimate of drug-likeness (QED) is 0.336. The molecule has 0 bridgehead atoms. The summed E-state index contributed by atoms with van der Waals surface area (Å²) in [6, 6.07) is 15.1. The molecule has 1 amide bonds. The number of nitro groups is 1. The average Bonchev–Trinajstić information content (AvgIpc) is 2.69. The molecular formula is C19H18N4O4. The summed E-state index contributed by atoms with van der Waals surface area (Å²) in [4.78, 5) is 22.6. The fourth-order valence-corrected chi connectivity index (χ4v) is 2.28. The van der Waals surface area contributed by atoms with Gasteiger partial charge in [0, 0.05) is 18.3 Å². The molecule has 8 heteroatoms. The summed E-state index contributed by atoms with van der Waals surface area (Å²) in [6.45, 7) is 1.90. The normalized spacial score (nSPS) is 11.8. The average molecular weight is 366 g/mol. The lowest BCUT2D eigenvalue weighted by Gasteiger charge is -2.13. The Hall–Kier alpha value is -3.86. The molecule has 0 aliphatic heterocycles. The first-order chi connectivity index (χ1) is 13.0. The molecule has 8 nitrogen and oxygen atoms in total. The molecule has 1 unspecified atom stereocenters. The van der Waals surface area contributed by atoms with Crippen LogP contribution >= 0.6 is 0 Å². The highest BCUT2D eigenvalue weighted by atomic mass is 16.6. The van der Waals surface area contributed by atoms with Gasteiger partial charge in [0.1, 0.15) is 17.4 Å². The number of rotatable bonds is 7. The van der Waals surface area contributed by atoms with Crippen molar-refractivity contribution in [1.29, 1.82) is 5.26 Å². The standard InChI is InChI=1S/C19H18N4O4/c1-13(14-6-4-3-5-7-14)21-12-15(11-20)19(24)22-17-9-8-16(23(25)26)10-18(17)27-2/h3-10,12-13,21H,1-2H3,(H,22,24)/b15-12-. The Kier molecular flexibility index (Phi) is 6.49. The van der Waals surface area contributed by atoms with Crippen molar-refractivity contribution in [3.8, 4) is 11.8 Å². The number of carbonyl (C=O) groups excluding carboxylic acids is 1. The molecule has 0 saturated carbocycles. The van der Waals surface area contributed by atoms with Crippen LogP contribution in [0.1, 0.15) is 18.5 Å². The van der Waals surface area contributed by atoms with Gasteiger partial charge in [0.05, 0.1) is 23.8 Å². The summed E-state index contributed by atoms with van der Waals surface area (Å²) in [5.41, 5.74) is 0.922. The van der Waals surface area contributed by atoms with E-state index in [1.54, 1.807) is 0 Å².